The zero-order valence-electron chi connectivity index (χ0n) is 20.8. The first-order chi connectivity index (χ1) is 17.8. The molecule has 2 aromatic carbocycles. The van der Waals surface area contributed by atoms with Gasteiger partial charge in [-0.25, -0.2) is 4.39 Å². The van der Waals surface area contributed by atoms with Crippen molar-refractivity contribution in [2.45, 2.75) is 43.1 Å². The molecule has 0 unspecified atom stereocenters. The number of halogens is 2. The Labute approximate surface area is 225 Å². The Kier molecular flexibility index (Phi) is 9.29. The SMILES string of the molecule is COc1ccc2ncc(Cl)c([C@H](O)CCC3(C(=O)O)CCN(CCCSc4ccccc4F)CC3)c2c1. The summed E-state index contributed by atoms with van der Waals surface area (Å²) in [7, 11) is 1.57. The third-order valence-electron chi connectivity index (χ3n) is 7.28. The Morgan fingerprint density at radius 1 is 1.27 bits per heavy atom. The molecular weight excluding hydrogens is 515 g/mol. The molecule has 6 nitrogen and oxygen atoms in total. The maximum absolute atomic E-state index is 13.8. The largest absolute Gasteiger partial charge is 0.497 e. The highest BCUT2D eigenvalue weighted by molar-refractivity contribution is 7.99. The van der Waals surface area contributed by atoms with Gasteiger partial charge in [0.05, 0.1) is 29.2 Å². The van der Waals surface area contributed by atoms with Crippen molar-refractivity contribution in [1.29, 1.82) is 0 Å². The highest BCUT2D eigenvalue weighted by Gasteiger charge is 2.41. The average molecular weight is 547 g/mol. The number of carboxylic acid groups (broad SMARTS) is 1. The van der Waals surface area contributed by atoms with Gasteiger partial charge in [-0.15, -0.1) is 11.8 Å². The number of carboxylic acids is 1. The second kappa shape index (κ2) is 12.4. The number of nitrogens with zero attached hydrogens (tertiary/aromatic N) is 2. The number of piperidine rings is 1. The highest BCUT2D eigenvalue weighted by atomic mass is 35.5. The molecule has 1 aliphatic rings. The van der Waals surface area contributed by atoms with E-state index in [2.05, 4.69) is 9.88 Å². The van der Waals surface area contributed by atoms with Crippen LogP contribution in [-0.4, -0.2) is 58.6 Å². The molecule has 198 valence electrons. The number of aliphatic hydroxyl groups excluding tert-OH is 1. The van der Waals surface area contributed by atoms with Gasteiger partial charge in [0.1, 0.15) is 11.6 Å². The molecule has 4 rings (SSSR count). The smallest absolute Gasteiger partial charge is 0.309 e. The van der Waals surface area contributed by atoms with E-state index in [1.165, 1.54) is 24.0 Å². The number of methoxy groups -OCH3 is 1. The fraction of sp³-hybridized carbons (Fsp3) is 0.429. The van der Waals surface area contributed by atoms with Crippen LogP contribution in [0.25, 0.3) is 10.9 Å². The summed E-state index contributed by atoms with van der Waals surface area (Å²) in [4.78, 5) is 19.6. The zero-order chi connectivity index (χ0) is 26.4. The monoisotopic (exact) mass is 546 g/mol. The van der Waals surface area contributed by atoms with E-state index in [1.807, 2.05) is 12.1 Å². The van der Waals surface area contributed by atoms with Crippen molar-refractivity contribution < 1.29 is 24.1 Å². The highest BCUT2D eigenvalue weighted by Crippen LogP contribution is 2.41. The molecule has 3 aromatic rings. The number of pyridine rings is 1. The summed E-state index contributed by atoms with van der Waals surface area (Å²) in [5, 5.41) is 22.3. The first-order valence-corrected chi connectivity index (χ1v) is 13.8. The number of ether oxygens (including phenoxy) is 1. The molecule has 1 atom stereocenters. The second-order valence-corrected chi connectivity index (χ2v) is 11.1. The lowest BCUT2D eigenvalue weighted by Gasteiger charge is -2.39. The standard InChI is InChI=1S/C28H32ClFN2O4S/c1-36-19-7-8-23-20(17-19)26(21(29)18-31-23)24(33)9-10-28(27(34)35)11-14-32(15-12-28)13-4-16-37-25-6-3-2-5-22(25)30/h2-3,5-8,17-18,24,33H,4,9-16H2,1H3,(H,34,35)/t24-/m1/s1. The van der Waals surface area contributed by atoms with Gasteiger partial charge in [0.15, 0.2) is 0 Å². The Hall–Kier alpha value is -2.39. The van der Waals surface area contributed by atoms with Gasteiger partial charge >= 0.3 is 5.97 Å². The summed E-state index contributed by atoms with van der Waals surface area (Å²) < 4.78 is 19.1. The van der Waals surface area contributed by atoms with Gasteiger partial charge < -0.3 is 19.8 Å². The van der Waals surface area contributed by atoms with Crippen molar-refractivity contribution in [3.05, 3.63) is 65.1 Å². The van der Waals surface area contributed by atoms with Crippen molar-refractivity contribution in [3.8, 4) is 5.75 Å². The first-order valence-electron chi connectivity index (χ1n) is 12.5. The number of benzene rings is 2. The predicted octanol–water partition coefficient (Wildman–Crippen LogP) is 6.20. The summed E-state index contributed by atoms with van der Waals surface area (Å²) in [6.07, 6.45) is 3.17. The summed E-state index contributed by atoms with van der Waals surface area (Å²) >= 11 is 7.94. The Bertz CT molecular complexity index is 1240. The van der Waals surface area contributed by atoms with Crippen molar-refractivity contribution in [2.24, 2.45) is 5.41 Å². The quantitative estimate of drug-likeness (QED) is 0.219. The van der Waals surface area contributed by atoms with Crippen LogP contribution < -0.4 is 4.74 Å². The lowest BCUT2D eigenvalue weighted by atomic mass is 9.74. The van der Waals surface area contributed by atoms with E-state index < -0.39 is 17.5 Å². The number of likely N-dealkylation sites (tertiary alicyclic amines) is 1. The summed E-state index contributed by atoms with van der Waals surface area (Å²) in [6.45, 7) is 2.21. The van der Waals surface area contributed by atoms with Crippen LogP contribution in [-0.2, 0) is 4.79 Å². The molecular formula is C28H32ClFN2O4S. The maximum atomic E-state index is 13.8. The minimum absolute atomic E-state index is 0.195. The van der Waals surface area contributed by atoms with Gasteiger partial charge in [-0.2, -0.15) is 0 Å². The topological polar surface area (TPSA) is 82.9 Å². The van der Waals surface area contributed by atoms with Crippen molar-refractivity contribution in [2.75, 3.05) is 32.5 Å². The molecule has 0 saturated carbocycles. The Morgan fingerprint density at radius 3 is 2.73 bits per heavy atom. The third-order valence-corrected chi connectivity index (χ3v) is 8.71. The molecule has 0 radical (unpaired) electrons. The van der Waals surface area contributed by atoms with E-state index in [-0.39, 0.29) is 12.2 Å². The molecule has 2 heterocycles. The summed E-state index contributed by atoms with van der Waals surface area (Å²) in [5.41, 5.74) is 0.358. The van der Waals surface area contributed by atoms with Crippen LogP contribution in [0.3, 0.4) is 0 Å². The van der Waals surface area contributed by atoms with Crippen molar-refractivity contribution in [1.82, 2.24) is 9.88 Å². The van der Waals surface area contributed by atoms with Gasteiger partial charge in [0.2, 0.25) is 0 Å². The van der Waals surface area contributed by atoms with E-state index in [4.69, 9.17) is 16.3 Å². The van der Waals surface area contributed by atoms with Crippen LogP contribution in [0, 0.1) is 11.2 Å². The fourth-order valence-corrected chi connectivity index (χ4v) is 6.15. The Morgan fingerprint density at radius 2 is 2.03 bits per heavy atom. The Balaban J connectivity index is 1.33. The molecule has 1 saturated heterocycles. The lowest BCUT2D eigenvalue weighted by molar-refractivity contribution is -0.153. The number of rotatable bonds is 11. The molecule has 0 amide bonds. The number of aliphatic hydroxyl groups is 1. The van der Waals surface area contributed by atoms with Gasteiger partial charge in [-0.05, 0) is 87.8 Å². The third kappa shape index (κ3) is 6.55. The van der Waals surface area contributed by atoms with E-state index in [0.717, 1.165) is 18.7 Å². The van der Waals surface area contributed by atoms with E-state index >= 15 is 0 Å². The molecule has 0 spiro atoms. The van der Waals surface area contributed by atoms with Gasteiger partial charge in [-0.3, -0.25) is 9.78 Å². The second-order valence-electron chi connectivity index (χ2n) is 9.52. The van der Waals surface area contributed by atoms with Crippen LogP contribution >= 0.6 is 23.4 Å². The number of hydrogen-bond acceptors (Lipinski definition) is 6. The number of aliphatic carboxylic acids is 1. The lowest BCUT2D eigenvalue weighted by Crippen LogP contribution is -2.44. The molecule has 37 heavy (non-hydrogen) atoms. The first kappa shape index (κ1) is 27.6. The number of hydrogen-bond donors (Lipinski definition) is 2. The average Bonchev–Trinajstić information content (AvgIpc) is 2.90. The zero-order valence-corrected chi connectivity index (χ0v) is 22.4. The van der Waals surface area contributed by atoms with E-state index in [9.17, 15) is 19.4 Å². The van der Waals surface area contributed by atoms with Gasteiger partial charge in [0.25, 0.3) is 0 Å². The molecule has 2 N–H and O–H groups in total. The fourth-order valence-electron chi connectivity index (χ4n) is 5.00. The van der Waals surface area contributed by atoms with Crippen LogP contribution in [0.15, 0.2) is 53.6 Å². The van der Waals surface area contributed by atoms with Crippen LogP contribution in [0.5, 0.6) is 5.75 Å². The number of thioether (sulfide) groups is 1. The van der Waals surface area contributed by atoms with Gasteiger partial charge in [0, 0.05) is 22.0 Å². The predicted molar refractivity (Wildman–Crippen MR) is 145 cm³/mol. The van der Waals surface area contributed by atoms with E-state index in [0.29, 0.717) is 64.5 Å². The van der Waals surface area contributed by atoms with E-state index in [1.54, 1.807) is 31.4 Å². The van der Waals surface area contributed by atoms with Crippen LogP contribution in [0.2, 0.25) is 5.02 Å². The number of carbonyl (C=O) groups is 1. The molecule has 9 heteroatoms. The maximum Gasteiger partial charge on any atom is 0.309 e. The van der Waals surface area contributed by atoms with Gasteiger partial charge in [-0.1, -0.05) is 23.7 Å². The molecule has 0 bridgehead atoms. The van der Waals surface area contributed by atoms with Crippen molar-refractivity contribution >= 4 is 40.2 Å². The van der Waals surface area contributed by atoms with Crippen LogP contribution in [0.1, 0.15) is 43.8 Å². The summed E-state index contributed by atoms with van der Waals surface area (Å²) in [6, 6.07) is 12.2. The summed E-state index contributed by atoms with van der Waals surface area (Å²) in [5.74, 6) is 0.423. The molecule has 1 aliphatic heterocycles. The molecule has 0 aliphatic carbocycles. The minimum atomic E-state index is -0.922. The van der Waals surface area contributed by atoms with Crippen molar-refractivity contribution in [3.63, 3.8) is 0 Å². The molecule has 1 fully saturated rings. The number of fused-ring (bicyclic) bond motifs is 1. The number of aromatic nitrogens is 1. The van der Waals surface area contributed by atoms with Crippen LogP contribution in [0.4, 0.5) is 4.39 Å². The minimum Gasteiger partial charge on any atom is -0.497 e. The normalized spacial score (nSPS) is 16.5. The molecule has 1 aromatic heterocycles.